The van der Waals surface area contributed by atoms with E-state index in [0.717, 1.165) is 43.4 Å². The predicted octanol–water partition coefficient (Wildman–Crippen LogP) is 2.20. The number of hydrogen-bond donors (Lipinski definition) is 2. The zero-order valence-corrected chi connectivity index (χ0v) is 15.7. The van der Waals surface area contributed by atoms with Crippen molar-refractivity contribution >= 4 is 16.9 Å². The van der Waals surface area contributed by atoms with Gasteiger partial charge < -0.3 is 10.6 Å². The zero-order chi connectivity index (χ0) is 17.8. The Morgan fingerprint density at radius 2 is 1.80 bits per heavy atom. The summed E-state index contributed by atoms with van der Waals surface area (Å²) in [6.45, 7) is 0. The third-order valence-corrected chi connectivity index (χ3v) is 7.01. The normalized spacial score (nSPS) is 26.5. The minimum absolute atomic E-state index is 0.0916. The molecule has 0 aromatic heterocycles. The summed E-state index contributed by atoms with van der Waals surface area (Å²) < 4.78 is 15.6. The van der Waals surface area contributed by atoms with Gasteiger partial charge in [0.25, 0.3) is 0 Å². The van der Waals surface area contributed by atoms with E-state index >= 15 is 0 Å². The first kappa shape index (κ1) is 18.5. The maximum absolute atomic E-state index is 12.6. The number of nitrogens with one attached hydrogen (secondary N) is 1. The van der Waals surface area contributed by atoms with Crippen molar-refractivity contribution in [2.24, 2.45) is 11.7 Å². The Bertz CT molecular complexity index is 598. The number of nitrogens with two attached hydrogens (primary N) is 1. The molecule has 0 saturated heterocycles. The highest BCUT2D eigenvalue weighted by Crippen LogP contribution is 2.29. The molecule has 25 heavy (non-hydrogen) atoms. The number of rotatable bonds is 6. The standard InChI is InChI=1S/C19H29N3O2S/c1-22(16-6-5-7-16)19(23)18(20)14-10-12-15(13-11-14)21-25(24)17-8-3-2-4-9-17/h2-4,8-9,14-16,18,21H,5-7,10-13,20H2,1H3/t14?,15?,18-,25?/m0/s1. The average Bonchev–Trinajstić information content (AvgIpc) is 2.60. The number of carbonyl (C=O) groups is 1. The molecule has 5 nitrogen and oxygen atoms in total. The molecule has 2 saturated carbocycles. The minimum Gasteiger partial charge on any atom is -0.341 e. The van der Waals surface area contributed by atoms with Crippen molar-refractivity contribution in [3.8, 4) is 0 Å². The largest absolute Gasteiger partial charge is 0.341 e. The summed E-state index contributed by atoms with van der Waals surface area (Å²) in [6, 6.07) is 9.69. The van der Waals surface area contributed by atoms with Crippen molar-refractivity contribution in [2.45, 2.75) is 68.0 Å². The number of likely N-dealkylation sites (N-methyl/N-ethyl adjacent to an activating group) is 1. The van der Waals surface area contributed by atoms with Crippen LogP contribution in [-0.4, -0.2) is 40.2 Å². The minimum atomic E-state index is -1.18. The van der Waals surface area contributed by atoms with Crippen molar-refractivity contribution in [1.82, 2.24) is 9.62 Å². The second-order valence-corrected chi connectivity index (χ2v) is 8.62. The van der Waals surface area contributed by atoms with E-state index in [1.807, 2.05) is 42.3 Å². The van der Waals surface area contributed by atoms with E-state index in [1.54, 1.807) is 0 Å². The van der Waals surface area contributed by atoms with Crippen LogP contribution in [0.3, 0.4) is 0 Å². The van der Waals surface area contributed by atoms with Crippen molar-refractivity contribution in [1.29, 1.82) is 0 Å². The SMILES string of the molecule is CN(C(=O)[C@@H](N)C1CCC(NS(=O)c2ccccc2)CC1)C1CCC1. The molecule has 1 aromatic rings. The molecule has 1 unspecified atom stereocenters. The van der Waals surface area contributed by atoms with E-state index in [4.69, 9.17) is 5.73 Å². The monoisotopic (exact) mass is 363 g/mol. The van der Waals surface area contributed by atoms with Gasteiger partial charge in [-0.25, -0.2) is 8.93 Å². The van der Waals surface area contributed by atoms with Crippen molar-refractivity contribution in [3.63, 3.8) is 0 Å². The summed E-state index contributed by atoms with van der Waals surface area (Å²) >= 11 is 0. The van der Waals surface area contributed by atoms with Gasteiger partial charge in [-0.15, -0.1) is 0 Å². The van der Waals surface area contributed by atoms with Crippen molar-refractivity contribution in [2.75, 3.05) is 7.05 Å². The first-order valence-corrected chi connectivity index (χ1v) is 10.5. The Morgan fingerprint density at radius 3 is 2.36 bits per heavy atom. The van der Waals surface area contributed by atoms with Gasteiger partial charge in [0.15, 0.2) is 0 Å². The molecule has 3 N–H and O–H groups in total. The molecule has 138 valence electrons. The molecule has 6 heteroatoms. The summed E-state index contributed by atoms with van der Waals surface area (Å²) in [7, 11) is 0.716. The molecule has 1 aromatic carbocycles. The van der Waals surface area contributed by atoms with E-state index in [1.165, 1.54) is 6.42 Å². The van der Waals surface area contributed by atoms with Gasteiger partial charge in [-0.1, -0.05) is 18.2 Å². The summed E-state index contributed by atoms with van der Waals surface area (Å²) in [5.74, 6) is 0.326. The lowest BCUT2D eigenvalue weighted by Crippen LogP contribution is -2.52. The lowest BCUT2D eigenvalue weighted by atomic mass is 9.81. The summed E-state index contributed by atoms with van der Waals surface area (Å²) in [5, 5.41) is 0. The molecular formula is C19H29N3O2S. The van der Waals surface area contributed by atoms with Crippen LogP contribution in [-0.2, 0) is 15.8 Å². The Morgan fingerprint density at radius 1 is 1.16 bits per heavy atom. The van der Waals surface area contributed by atoms with Crippen molar-refractivity contribution in [3.05, 3.63) is 30.3 Å². The molecular weight excluding hydrogens is 334 g/mol. The number of carbonyl (C=O) groups excluding carboxylic acids is 1. The van der Waals surface area contributed by atoms with E-state index in [-0.39, 0.29) is 17.9 Å². The van der Waals surface area contributed by atoms with Gasteiger partial charge in [0, 0.05) is 19.1 Å². The smallest absolute Gasteiger partial charge is 0.239 e. The fourth-order valence-electron chi connectivity index (χ4n) is 3.75. The Labute approximate surface area is 152 Å². The number of benzene rings is 1. The van der Waals surface area contributed by atoms with Gasteiger partial charge in [0.2, 0.25) is 5.91 Å². The van der Waals surface area contributed by atoms with Crippen LogP contribution < -0.4 is 10.5 Å². The highest BCUT2D eigenvalue weighted by Gasteiger charge is 2.34. The number of amides is 1. The predicted molar refractivity (Wildman–Crippen MR) is 100 cm³/mol. The molecule has 3 rings (SSSR count). The first-order valence-electron chi connectivity index (χ1n) is 9.31. The van der Waals surface area contributed by atoms with Crippen LogP contribution in [0.15, 0.2) is 35.2 Å². The lowest BCUT2D eigenvalue weighted by molar-refractivity contribution is -0.136. The first-order chi connectivity index (χ1) is 12.1. The van der Waals surface area contributed by atoms with Crippen LogP contribution in [0.5, 0.6) is 0 Å². The molecule has 1 amide bonds. The second-order valence-electron chi connectivity index (χ2n) is 7.37. The average molecular weight is 364 g/mol. The van der Waals surface area contributed by atoms with Crippen LogP contribution in [0, 0.1) is 5.92 Å². The quantitative estimate of drug-likeness (QED) is 0.813. The third kappa shape index (κ3) is 4.49. The molecule has 2 atom stereocenters. The number of nitrogens with zero attached hydrogens (tertiary/aromatic N) is 1. The number of hydrogen-bond acceptors (Lipinski definition) is 3. The van der Waals surface area contributed by atoms with Crippen LogP contribution >= 0.6 is 0 Å². The fraction of sp³-hybridized carbons (Fsp3) is 0.632. The van der Waals surface area contributed by atoms with Gasteiger partial charge in [0.1, 0.15) is 11.0 Å². The highest BCUT2D eigenvalue weighted by atomic mass is 32.2. The summed E-state index contributed by atoms with van der Waals surface area (Å²) in [6.07, 6.45) is 7.08. The Hall–Kier alpha value is -1.24. The maximum atomic E-state index is 12.6. The van der Waals surface area contributed by atoms with Crippen LogP contribution in [0.4, 0.5) is 0 Å². The summed E-state index contributed by atoms with van der Waals surface area (Å²) in [5.41, 5.74) is 6.28. The summed E-state index contributed by atoms with van der Waals surface area (Å²) in [4.78, 5) is 15.2. The van der Waals surface area contributed by atoms with Crippen LogP contribution in [0.1, 0.15) is 44.9 Å². The third-order valence-electron chi connectivity index (χ3n) is 5.77. The van der Waals surface area contributed by atoms with Gasteiger partial charge in [-0.2, -0.15) is 0 Å². The lowest BCUT2D eigenvalue weighted by Gasteiger charge is -2.38. The molecule has 2 aliphatic rings. The molecule has 0 bridgehead atoms. The zero-order valence-electron chi connectivity index (χ0n) is 14.9. The Kier molecular flexibility index (Phi) is 6.25. The Balaban J connectivity index is 1.46. The molecule has 0 spiro atoms. The van der Waals surface area contributed by atoms with Gasteiger partial charge >= 0.3 is 0 Å². The molecule has 0 aliphatic heterocycles. The van der Waals surface area contributed by atoms with E-state index in [2.05, 4.69) is 4.72 Å². The van der Waals surface area contributed by atoms with Crippen LogP contribution in [0.2, 0.25) is 0 Å². The van der Waals surface area contributed by atoms with Gasteiger partial charge in [-0.3, -0.25) is 4.79 Å². The molecule has 0 heterocycles. The maximum Gasteiger partial charge on any atom is 0.239 e. The second kappa shape index (κ2) is 8.43. The fourth-order valence-corrected chi connectivity index (χ4v) is 4.83. The van der Waals surface area contributed by atoms with Gasteiger partial charge in [-0.05, 0) is 63.0 Å². The van der Waals surface area contributed by atoms with E-state index in [0.29, 0.717) is 6.04 Å². The van der Waals surface area contributed by atoms with Gasteiger partial charge in [0.05, 0.1) is 10.9 Å². The highest BCUT2D eigenvalue weighted by molar-refractivity contribution is 7.83. The molecule has 2 fully saturated rings. The molecule has 2 aliphatic carbocycles. The van der Waals surface area contributed by atoms with E-state index < -0.39 is 17.0 Å². The molecule has 0 radical (unpaired) electrons. The van der Waals surface area contributed by atoms with Crippen molar-refractivity contribution < 1.29 is 9.00 Å². The van der Waals surface area contributed by atoms with E-state index in [9.17, 15) is 9.00 Å². The topological polar surface area (TPSA) is 75.4 Å². The van der Waals surface area contributed by atoms with Crippen LogP contribution in [0.25, 0.3) is 0 Å².